The molecule has 0 aliphatic carbocycles. The van der Waals surface area contributed by atoms with Crippen LogP contribution in [0.1, 0.15) is 43.7 Å². The van der Waals surface area contributed by atoms with E-state index in [-0.39, 0.29) is 0 Å². The minimum atomic E-state index is 0.471. The second kappa shape index (κ2) is 7.42. The van der Waals surface area contributed by atoms with Crippen LogP contribution in [0.15, 0.2) is 52.9 Å². The lowest BCUT2D eigenvalue weighted by molar-refractivity contribution is 0.175. The normalized spacial score (nSPS) is 16.5. The Hall–Kier alpha value is -2.46. The maximum atomic E-state index is 5.64. The van der Waals surface area contributed by atoms with Crippen molar-refractivity contribution in [2.75, 3.05) is 13.1 Å². The third-order valence-corrected chi connectivity index (χ3v) is 5.33. The van der Waals surface area contributed by atoms with Crippen LogP contribution >= 0.6 is 0 Å². The molecule has 1 fully saturated rings. The minimum absolute atomic E-state index is 0.471. The number of aryl methyl sites for hydroxylation is 1. The molecule has 0 amide bonds. The molecular weight excluding hydrogens is 322 g/mol. The van der Waals surface area contributed by atoms with Crippen molar-refractivity contribution in [2.45, 2.75) is 39.2 Å². The van der Waals surface area contributed by atoms with E-state index in [2.05, 4.69) is 52.4 Å². The molecule has 1 aromatic heterocycles. The number of aromatic nitrogens is 2. The Morgan fingerprint density at radius 2 is 1.58 bits per heavy atom. The summed E-state index contributed by atoms with van der Waals surface area (Å²) in [5.41, 5.74) is 4.64. The van der Waals surface area contributed by atoms with Crippen molar-refractivity contribution in [1.82, 2.24) is 15.1 Å². The van der Waals surface area contributed by atoms with Gasteiger partial charge in [0, 0.05) is 18.5 Å². The fourth-order valence-electron chi connectivity index (χ4n) is 3.78. The summed E-state index contributed by atoms with van der Waals surface area (Å²) >= 11 is 0. The summed E-state index contributed by atoms with van der Waals surface area (Å²) in [4.78, 5) is 2.59. The van der Waals surface area contributed by atoms with Gasteiger partial charge in [0.15, 0.2) is 0 Å². The van der Waals surface area contributed by atoms with Gasteiger partial charge in [0.1, 0.15) is 0 Å². The lowest BCUT2D eigenvalue weighted by Gasteiger charge is -2.32. The van der Waals surface area contributed by atoms with Crippen LogP contribution < -0.4 is 0 Å². The molecule has 2 aromatic carbocycles. The first-order valence-corrected chi connectivity index (χ1v) is 9.46. The van der Waals surface area contributed by atoms with Gasteiger partial charge in [0.05, 0.1) is 0 Å². The second-order valence-corrected chi connectivity index (χ2v) is 7.07. The van der Waals surface area contributed by atoms with Crippen LogP contribution in [0.3, 0.4) is 0 Å². The zero-order chi connectivity index (χ0) is 17.9. The van der Waals surface area contributed by atoms with E-state index in [1.54, 1.807) is 0 Å². The Morgan fingerprint density at radius 1 is 0.885 bits per heavy atom. The summed E-state index contributed by atoms with van der Waals surface area (Å²) in [6, 6.07) is 17.6. The Labute approximate surface area is 154 Å². The number of hydrogen-bond donors (Lipinski definition) is 0. The van der Waals surface area contributed by atoms with Crippen LogP contribution in [0, 0.1) is 6.92 Å². The predicted octanol–water partition coefficient (Wildman–Crippen LogP) is 5.26. The highest BCUT2D eigenvalue weighted by Gasteiger charge is 2.18. The van der Waals surface area contributed by atoms with Gasteiger partial charge in [-0.25, -0.2) is 0 Å². The molecule has 3 aromatic rings. The smallest absolute Gasteiger partial charge is 0.248 e. The van der Waals surface area contributed by atoms with Gasteiger partial charge in [0.2, 0.25) is 11.8 Å². The van der Waals surface area contributed by atoms with Crippen LogP contribution in [0.25, 0.3) is 22.6 Å². The van der Waals surface area contributed by atoms with Crippen LogP contribution in [-0.2, 0) is 0 Å². The third-order valence-electron chi connectivity index (χ3n) is 5.33. The van der Waals surface area contributed by atoms with Gasteiger partial charge in [-0.2, -0.15) is 0 Å². The largest absolute Gasteiger partial charge is 0.421 e. The van der Waals surface area contributed by atoms with E-state index in [0.29, 0.717) is 17.8 Å². The summed E-state index contributed by atoms with van der Waals surface area (Å²) in [5, 5.41) is 8.15. The highest BCUT2D eigenvalue weighted by Crippen LogP contribution is 2.32. The van der Waals surface area contributed by atoms with Gasteiger partial charge in [-0.3, -0.25) is 4.90 Å². The monoisotopic (exact) mass is 347 g/mol. The summed E-state index contributed by atoms with van der Waals surface area (Å²) in [6.07, 6.45) is 4.01. The van der Waals surface area contributed by atoms with Gasteiger partial charge >= 0.3 is 0 Å². The van der Waals surface area contributed by atoms with Crippen molar-refractivity contribution >= 4 is 0 Å². The highest BCUT2D eigenvalue weighted by molar-refractivity contribution is 5.79. The molecule has 2 heterocycles. The maximum Gasteiger partial charge on any atom is 0.248 e. The van der Waals surface area contributed by atoms with Crippen LogP contribution in [-0.4, -0.2) is 28.2 Å². The molecule has 26 heavy (non-hydrogen) atoms. The quantitative estimate of drug-likeness (QED) is 0.646. The van der Waals surface area contributed by atoms with Crippen molar-refractivity contribution < 1.29 is 4.42 Å². The predicted molar refractivity (Wildman–Crippen MR) is 104 cm³/mol. The lowest BCUT2D eigenvalue weighted by Crippen LogP contribution is -2.32. The Balaban J connectivity index is 1.61. The summed E-state index contributed by atoms with van der Waals surface area (Å²) in [5.74, 6) is 1.16. The van der Waals surface area contributed by atoms with Gasteiger partial charge < -0.3 is 4.42 Å². The van der Waals surface area contributed by atoms with Gasteiger partial charge in [0.25, 0.3) is 0 Å². The van der Waals surface area contributed by atoms with Crippen molar-refractivity contribution in [3.05, 3.63) is 60.0 Å². The number of rotatable bonds is 4. The van der Waals surface area contributed by atoms with E-state index in [0.717, 1.165) is 11.1 Å². The van der Waals surface area contributed by atoms with Crippen molar-refractivity contribution in [1.29, 1.82) is 0 Å². The molecule has 1 unspecified atom stereocenters. The molecule has 0 radical (unpaired) electrons. The van der Waals surface area contributed by atoms with Crippen LogP contribution in [0.5, 0.6) is 0 Å². The lowest BCUT2D eigenvalue weighted by atomic mass is 9.96. The summed E-state index contributed by atoms with van der Waals surface area (Å²) in [7, 11) is 0. The molecule has 0 spiro atoms. The first-order valence-electron chi connectivity index (χ1n) is 9.46. The van der Waals surface area contributed by atoms with Crippen LogP contribution in [0.4, 0.5) is 0 Å². The second-order valence-electron chi connectivity index (χ2n) is 7.07. The fraction of sp³-hybridized carbons (Fsp3) is 0.364. The van der Waals surface area contributed by atoms with Gasteiger partial charge in [-0.1, -0.05) is 48.9 Å². The van der Waals surface area contributed by atoms with Gasteiger partial charge in [-0.05, 0) is 55.6 Å². The molecule has 0 bridgehead atoms. The van der Waals surface area contributed by atoms with Gasteiger partial charge in [-0.15, -0.1) is 10.2 Å². The molecule has 0 saturated carbocycles. The van der Waals surface area contributed by atoms with E-state index in [9.17, 15) is 0 Å². The van der Waals surface area contributed by atoms with E-state index < -0.39 is 0 Å². The molecule has 4 heteroatoms. The van der Waals surface area contributed by atoms with Crippen molar-refractivity contribution in [3.8, 4) is 22.6 Å². The summed E-state index contributed by atoms with van der Waals surface area (Å²) in [6.45, 7) is 6.55. The van der Waals surface area contributed by atoms with Crippen LogP contribution in [0.2, 0.25) is 0 Å². The Morgan fingerprint density at radius 3 is 2.23 bits per heavy atom. The number of benzene rings is 2. The molecule has 1 atom stereocenters. The van der Waals surface area contributed by atoms with E-state index in [4.69, 9.17) is 4.42 Å². The zero-order valence-electron chi connectivity index (χ0n) is 15.5. The zero-order valence-corrected chi connectivity index (χ0v) is 15.5. The maximum absolute atomic E-state index is 5.64. The Kier molecular flexibility index (Phi) is 4.85. The fourth-order valence-corrected chi connectivity index (χ4v) is 3.78. The van der Waals surface area contributed by atoms with E-state index in [1.807, 2.05) is 25.1 Å². The number of piperidine rings is 1. The molecule has 4 nitrogen and oxygen atoms in total. The standard InChI is InChI=1S/C22H25N3O/c1-16(25-14-6-3-7-15-25)18-10-12-19(13-11-18)20-8-4-5-9-21(20)22-24-23-17(2)26-22/h4-5,8-13,16H,3,6-7,14-15H2,1-2H3. The minimum Gasteiger partial charge on any atom is -0.421 e. The average Bonchev–Trinajstić information content (AvgIpc) is 3.14. The van der Waals surface area contributed by atoms with Crippen molar-refractivity contribution in [3.63, 3.8) is 0 Å². The third kappa shape index (κ3) is 3.42. The first kappa shape index (κ1) is 17.0. The molecular formula is C22H25N3O. The average molecular weight is 347 g/mol. The Bertz CT molecular complexity index is 863. The molecule has 1 aliphatic heterocycles. The molecule has 1 saturated heterocycles. The van der Waals surface area contributed by atoms with E-state index >= 15 is 0 Å². The number of hydrogen-bond acceptors (Lipinski definition) is 4. The van der Waals surface area contributed by atoms with E-state index in [1.165, 1.54) is 43.5 Å². The topological polar surface area (TPSA) is 42.2 Å². The summed E-state index contributed by atoms with van der Waals surface area (Å²) < 4.78 is 5.64. The molecule has 4 rings (SSSR count). The molecule has 0 N–H and O–H groups in total. The molecule has 1 aliphatic rings. The highest BCUT2D eigenvalue weighted by atomic mass is 16.4. The number of nitrogens with zero attached hydrogens (tertiary/aromatic N) is 3. The first-order chi connectivity index (χ1) is 12.7. The molecule has 134 valence electrons. The number of likely N-dealkylation sites (tertiary alicyclic amines) is 1. The van der Waals surface area contributed by atoms with Crippen molar-refractivity contribution in [2.24, 2.45) is 0 Å². The SMILES string of the molecule is Cc1nnc(-c2ccccc2-c2ccc(C(C)N3CCCCC3)cc2)o1.